The molecule has 1 amide bonds. The fourth-order valence-corrected chi connectivity index (χ4v) is 3.38. The van der Waals surface area contributed by atoms with E-state index in [4.69, 9.17) is 4.74 Å². The number of benzene rings is 3. The van der Waals surface area contributed by atoms with E-state index < -0.39 is 11.7 Å². The van der Waals surface area contributed by atoms with Crippen LogP contribution in [0.4, 0.5) is 18.9 Å². The van der Waals surface area contributed by atoms with Gasteiger partial charge in [0.05, 0.1) is 17.9 Å². The molecule has 6 nitrogen and oxygen atoms in total. The molecule has 0 fully saturated rings. The molecule has 0 bridgehead atoms. The Bertz CT molecular complexity index is 1360. The van der Waals surface area contributed by atoms with E-state index in [0.29, 0.717) is 29.4 Å². The average Bonchev–Trinajstić information content (AvgIpc) is 3.31. The van der Waals surface area contributed by atoms with Gasteiger partial charge in [0, 0.05) is 17.3 Å². The highest BCUT2D eigenvalue weighted by molar-refractivity contribution is 6.01. The quantitative estimate of drug-likeness (QED) is 0.272. The molecular weight excluding hydrogens is 481 g/mol. The maximum Gasteiger partial charge on any atom is 0.416 e. The summed E-state index contributed by atoms with van der Waals surface area (Å²) in [6.07, 6.45) is -1.27. The van der Waals surface area contributed by atoms with E-state index in [-0.39, 0.29) is 17.8 Å². The maximum atomic E-state index is 13.0. The summed E-state index contributed by atoms with van der Waals surface area (Å²) in [5.41, 5.74) is 1.77. The molecule has 0 radical (unpaired) electrons. The average molecular weight is 507 g/mol. The smallest absolute Gasteiger partial charge is 0.416 e. The molecule has 0 saturated carbocycles. The topological polar surface area (TPSA) is 69.0 Å². The Morgan fingerprint density at radius 1 is 1.00 bits per heavy atom. The standard InChI is InChI=1S/C28H25F3N4O2/c1-19(2)18-37-27-33-26(21-9-11-22(12-10-21)28(29,30)31)35(34-27)24-15-13-23(14-16-24)32-25(36)17-8-20-6-4-3-5-7-20/h3-17,19H,18H2,1-2H3,(H,32,36). The Labute approximate surface area is 212 Å². The van der Waals surface area contributed by atoms with Gasteiger partial charge in [-0.1, -0.05) is 56.3 Å². The number of nitrogens with one attached hydrogen (secondary N) is 1. The van der Waals surface area contributed by atoms with Gasteiger partial charge in [-0.2, -0.15) is 18.2 Å². The highest BCUT2D eigenvalue weighted by Gasteiger charge is 2.30. The van der Waals surface area contributed by atoms with E-state index in [0.717, 1.165) is 17.7 Å². The summed E-state index contributed by atoms with van der Waals surface area (Å²) in [5, 5.41) is 7.21. The molecule has 0 aliphatic carbocycles. The van der Waals surface area contributed by atoms with Crippen LogP contribution in [0, 0.1) is 5.92 Å². The van der Waals surface area contributed by atoms with Crippen molar-refractivity contribution in [3.63, 3.8) is 0 Å². The van der Waals surface area contributed by atoms with Gasteiger partial charge in [-0.05, 0) is 54.0 Å². The molecule has 4 aromatic rings. The van der Waals surface area contributed by atoms with Crippen LogP contribution in [-0.4, -0.2) is 27.3 Å². The molecule has 190 valence electrons. The lowest BCUT2D eigenvalue weighted by Crippen LogP contribution is -2.08. The van der Waals surface area contributed by atoms with Gasteiger partial charge >= 0.3 is 12.2 Å². The number of anilines is 1. The third-order valence-electron chi connectivity index (χ3n) is 5.21. The van der Waals surface area contributed by atoms with Crippen molar-refractivity contribution in [1.82, 2.24) is 14.8 Å². The van der Waals surface area contributed by atoms with E-state index in [9.17, 15) is 18.0 Å². The van der Waals surface area contributed by atoms with Gasteiger partial charge in [-0.25, -0.2) is 4.68 Å². The first-order chi connectivity index (χ1) is 17.7. The Hall–Kier alpha value is -4.40. The minimum Gasteiger partial charge on any atom is -0.462 e. The van der Waals surface area contributed by atoms with Gasteiger partial charge in [0.2, 0.25) is 5.91 Å². The number of hydrogen-bond donors (Lipinski definition) is 1. The lowest BCUT2D eigenvalue weighted by molar-refractivity contribution is -0.137. The van der Waals surface area contributed by atoms with Crippen LogP contribution in [-0.2, 0) is 11.0 Å². The van der Waals surface area contributed by atoms with Crippen LogP contribution in [0.25, 0.3) is 23.2 Å². The first kappa shape index (κ1) is 25.7. The summed E-state index contributed by atoms with van der Waals surface area (Å²) in [7, 11) is 0. The molecular formula is C28H25F3N4O2. The van der Waals surface area contributed by atoms with Gasteiger partial charge in [-0.3, -0.25) is 4.79 Å². The zero-order chi connectivity index (χ0) is 26.4. The van der Waals surface area contributed by atoms with Crippen LogP contribution in [0.2, 0.25) is 0 Å². The highest BCUT2D eigenvalue weighted by Crippen LogP contribution is 2.31. The third-order valence-corrected chi connectivity index (χ3v) is 5.21. The van der Waals surface area contributed by atoms with Crippen molar-refractivity contribution < 1.29 is 22.7 Å². The van der Waals surface area contributed by atoms with E-state index >= 15 is 0 Å². The molecule has 3 aromatic carbocycles. The summed E-state index contributed by atoms with van der Waals surface area (Å²) in [5.74, 6) is 0.280. The lowest BCUT2D eigenvalue weighted by Gasteiger charge is -2.09. The van der Waals surface area contributed by atoms with Crippen LogP contribution in [0.1, 0.15) is 25.0 Å². The van der Waals surface area contributed by atoms with E-state index in [2.05, 4.69) is 15.4 Å². The second-order valence-electron chi connectivity index (χ2n) is 8.69. The second kappa shape index (κ2) is 11.1. The summed E-state index contributed by atoms with van der Waals surface area (Å²) >= 11 is 0. The number of alkyl halides is 3. The molecule has 1 aromatic heterocycles. The monoisotopic (exact) mass is 506 g/mol. The van der Waals surface area contributed by atoms with Gasteiger partial charge in [0.1, 0.15) is 0 Å². The molecule has 1 heterocycles. The van der Waals surface area contributed by atoms with E-state index in [1.807, 2.05) is 44.2 Å². The Morgan fingerprint density at radius 3 is 2.30 bits per heavy atom. The highest BCUT2D eigenvalue weighted by atomic mass is 19.4. The Balaban J connectivity index is 1.57. The Morgan fingerprint density at radius 2 is 1.68 bits per heavy atom. The number of carbonyl (C=O) groups excluding carboxylic acids is 1. The number of halogens is 3. The second-order valence-corrected chi connectivity index (χ2v) is 8.69. The number of ether oxygens (including phenoxy) is 1. The number of rotatable bonds is 8. The molecule has 0 unspecified atom stereocenters. The fraction of sp³-hybridized carbons (Fsp3) is 0.179. The van der Waals surface area contributed by atoms with Gasteiger partial charge in [0.25, 0.3) is 0 Å². The fourth-order valence-electron chi connectivity index (χ4n) is 3.38. The van der Waals surface area contributed by atoms with Crippen molar-refractivity contribution in [3.8, 4) is 23.1 Å². The zero-order valence-corrected chi connectivity index (χ0v) is 20.2. The molecule has 1 N–H and O–H groups in total. The predicted octanol–water partition coefficient (Wildman–Crippen LogP) is 6.64. The minimum absolute atomic E-state index is 0.118. The van der Waals surface area contributed by atoms with Crippen molar-refractivity contribution in [2.24, 2.45) is 5.92 Å². The van der Waals surface area contributed by atoms with Crippen LogP contribution >= 0.6 is 0 Å². The molecule has 0 spiro atoms. The molecule has 0 aliphatic rings. The maximum absolute atomic E-state index is 13.0. The number of hydrogen-bond acceptors (Lipinski definition) is 4. The van der Waals surface area contributed by atoms with Gasteiger partial charge < -0.3 is 10.1 Å². The summed E-state index contributed by atoms with van der Waals surface area (Å²) in [6, 6.07) is 21.2. The largest absolute Gasteiger partial charge is 0.462 e. The van der Waals surface area contributed by atoms with Gasteiger partial charge in [-0.15, -0.1) is 5.10 Å². The molecule has 0 atom stereocenters. The normalized spacial score (nSPS) is 11.7. The number of nitrogens with zero attached hydrogens (tertiary/aromatic N) is 3. The minimum atomic E-state index is -4.44. The van der Waals surface area contributed by atoms with Crippen molar-refractivity contribution >= 4 is 17.7 Å². The summed E-state index contributed by atoms with van der Waals surface area (Å²) in [6.45, 7) is 4.35. The number of aromatic nitrogens is 3. The molecule has 0 aliphatic heterocycles. The Kier molecular flexibility index (Phi) is 7.71. The van der Waals surface area contributed by atoms with Crippen LogP contribution in [0.3, 0.4) is 0 Å². The van der Waals surface area contributed by atoms with Crippen LogP contribution in [0.5, 0.6) is 6.01 Å². The van der Waals surface area contributed by atoms with E-state index in [1.54, 1.807) is 30.3 Å². The van der Waals surface area contributed by atoms with E-state index in [1.165, 1.54) is 22.9 Å². The van der Waals surface area contributed by atoms with Crippen LogP contribution < -0.4 is 10.1 Å². The molecule has 37 heavy (non-hydrogen) atoms. The molecule has 4 rings (SSSR count). The summed E-state index contributed by atoms with van der Waals surface area (Å²) < 4.78 is 46.2. The zero-order valence-electron chi connectivity index (χ0n) is 20.2. The van der Waals surface area contributed by atoms with Gasteiger partial charge in [0.15, 0.2) is 5.82 Å². The van der Waals surface area contributed by atoms with Crippen molar-refractivity contribution in [2.75, 3.05) is 11.9 Å². The van der Waals surface area contributed by atoms with Crippen LogP contribution in [0.15, 0.2) is 84.9 Å². The lowest BCUT2D eigenvalue weighted by atomic mass is 10.1. The summed E-state index contributed by atoms with van der Waals surface area (Å²) in [4.78, 5) is 16.7. The SMILES string of the molecule is CC(C)COc1nc(-c2ccc(C(F)(F)F)cc2)n(-c2ccc(NC(=O)C=Cc3ccccc3)cc2)n1. The molecule has 9 heteroatoms. The third kappa shape index (κ3) is 6.84. The first-order valence-corrected chi connectivity index (χ1v) is 11.6. The van der Waals surface area contributed by atoms with Crippen molar-refractivity contribution in [1.29, 1.82) is 0 Å². The first-order valence-electron chi connectivity index (χ1n) is 11.6. The predicted molar refractivity (Wildman–Crippen MR) is 136 cm³/mol. The number of amides is 1. The van der Waals surface area contributed by atoms with Crippen molar-refractivity contribution in [2.45, 2.75) is 20.0 Å². The number of carbonyl (C=O) groups is 1. The molecule has 0 saturated heterocycles. The van der Waals surface area contributed by atoms with Crippen molar-refractivity contribution in [3.05, 3.63) is 96.1 Å².